The molecule has 1 heterocycles. The smallest absolute Gasteiger partial charge is 0.269 e. The summed E-state index contributed by atoms with van der Waals surface area (Å²) in [6, 6.07) is 10.4. The predicted octanol–water partition coefficient (Wildman–Crippen LogP) is 3.22. The van der Waals surface area contributed by atoms with Gasteiger partial charge in [0, 0.05) is 30.6 Å². The largest absolute Gasteiger partial charge is 0.350 e. The molecule has 0 unspecified atom stereocenters. The average Bonchev–Trinajstić information content (AvgIpc) is 2.52. The molecule has 22 heavy (non-hydrogen) atoms. The monoisotopic (exact) mass is 294 g/mol. The summed E-state index contributed by atoms with van der Waals surface area (Å²) in [6.45, 7) is 3.61. The Morgan fingerprint density at radius 3 is 2.18 bits per heavy atom. The minimum atomic E-state index is -0.564. The second-order valence-corrected chi connectivity index (χ2v) is 5.07. The molecule has 1 aromatic carbocycles. The Hall–Kier alpha value is -3.12. The van der Waals surface area contributed by atoms with Gasteiger partial charge in [-0.05, 0) is 19.4 Å². The number of hydrogen-bond donors (Lipinski definition) is 0. The van der Waals surface area contributed by atoms with Crippen LogP contribution in [0.5, 0.6) is 0 Å². The van der Waals surface area contributed by atoms with Crippen LogP contribution in [0.1, 0.15) is 25.3 Å². The molecule has 0 atom stereocenters. The maximum absolute atomic E-state index is 11.0. The topological polar surface area (TPSA) is 94.0 Å². The SMILES string of the molecule is CC1=C(C#N)C(c2cccc([N+](=O)[O-])c2)C(C#N)=C(C)N1C. The minimum Gasteiger partial charge on any atom is -0.350 e. The number of hydrogen-bond acceptors (Lipinski definition) is 5. The number of nitro groups is 1. The molecule has 0 bridgehead atoms. The molecular weight excluding hydrogens is 280 g/mol. The van der Waals surface area contributed by atoms with Crippen molar-refractivity contribution in [2.24, 2.45) is 0 Å². The highest BCUT2D eigenvalue weighted by atomic mass is 16.6. The van der Waals surface area contributed by atoms with Crippen LogP contribution in [-0.4, -0.2) is 16.9 Å². The van der Waals surface area contributed by atoms with Crippen molar-refractivity contribution in [3.05, 3.63) is 62.5 Å². The van der Waals surface area contributed by atoms with E-state index >= 15 is 0 Å². The first-order valence-electron chi connectivity index (χ1n) is 6.62. The zero-order chi connectivity index (χ0) is 16.4. The third-order valence-corrected chi connectivity index (χ3v) is 4.02. The normalized spacial score (nSPS) is 15.6. The Bertz CT molecular complexity index is 755. The van der Waals surface area contributed by atoms with Crippen LogP contribution in [0.2, 0.25) is 0 Å². The molecule has 0 aliphatic carbocycles. The van der Waals surface area contributed by atoms with Crippen molar-refractivity contribution < 1.29 is 4.92 Å². The summed E-state index contributed by atoms with van der Waals surface area (Å²) in [4.78, 5) is 12.3. The van der Waals surface area contributed by atoms with Crippen molar-refractivity contribution >= 4 is 5.69 Å². The van der Waals surface area contributed by atoms with Crippen LogP contribution in [0.15, 0.2) is 46.8 Å². The zero-order valence-corrected chi connectivity index (χ0v) is 12.5. The van der Waals surface area contributed by atoms with Gasteiger partial charge in [-0.3, -0.25) is 10.1 Å². The Labute approximate surface area is 128 Å². The molecule has 1 aromatic rings. The van der Waals surface area contributed by atoms with E-state index < -0.39 is 10.8 Å². The fourth-order valence-corrected chi connectivity index (χ4v) is 2.62. The van der Waals surface area contributed by atoms with Crippen molar-refractivity contribution in [1.82, 2.24) is 4.90 Å². The molecule has 0 fully saturated rings. The number of non-ortho nitro benzene ring substituents is 1. The van der Waals surface area contributed by atoms with Crippen LogP contribution in [0.4, 0.5) is 5.69 Å². The lowest BCUT2D eigenvalue weighted by Gasteiger charge is -2.32. The lowest BCUT2D eigenvalue weighted by atomic mass is 9.81. The summed E-state index contributed by atoms with van der Waals surface area (Å²) in [5, 5.41) is 29.9. The van der Waals surface area contributed by atoms with Gasteiger partial charge in [0.25, 0.3) is 5.69 Å². The number of nitrogens with zero attached hydrogens (tertiary/aromatic N) is 4. The van der Waals surface area contributed by atoms with Crippen LogP contribution < -0.4 is 0 Å². The maximum Gasteiger partial charge on any atom is 0.269 e. The molecule has 0 radical (unpaired) electrons. The summed E-state index contributed by atoms with van der Waals surface area (Å²) in [7, 11) is 1.79. The fraction of sp³-hybridized carbons (Fsp3) is 0.250. The van der Waals surface area contributed by atoms with Gasteiger partial charge in [0.1, 0.15) is 0 Å². The number of nitriles is 2. The molecular formula is C16H14N4O2. The number of nitro benzene ring substituents is 1. The third kappa shape index (κ3) is 2.32. The molecule has 0 spiro atoms. The molecule has 0 saturated heterocycles. The van der Waals surface area contributed by atoms with E-state index in [4.69, 9.17) is 0 Å². The van der Waals surface area contributed by atoms with Gasteiger partial charge in [-0.2, -0.15) is 10.5 Å². The van der Waals surface area contributed by atoms with E-state index in [0.717, 1.165) is 11.4 Å². The zero-order valence-electron chi connectivity index (χ0n) is 12.5. The lowest BCUT2D eigenvalue weighted by molar-refractivity contribution is -0.384. The summed E-state index contributed by atoms with van der Waals surface area (Å²) in [5.74, 6) is -0.564. The van der Waals surface area contributed by atoms with E-state index in [0.29, 0.717) is 16.7 Å². The summed E-state index contributed by atoms with van der Waals surface area (Å²) >= 11 is 0. The van der Waals surface area contributed by atoms with E-state index in [1.54, 1.807) is 37.9 Å². The minimum absolute atomic E-state index is 0.0543. The second-order valence-electron chi connectivity index (χ2n) is 5.07. The highest BCUT2D eigenvalue weighted by Gasteiger charge is 2.32. The van der Waals surface area contributed by atoms with Gasteiger partial charge in [-0.25, -0.2) is 0 Å². The number of allylic oxidation sites excluding steroid dienone is 4. The summed E-state index contributed by atoms with van der Waals surface area (Å²) in [6.07, 6.45) is 0. The Kier molecular flexibility index (Phi) is 3.96. The van der Waals surface area contributed by atoms with Crippen LogP contribution in [-0.2, 0) is 0 Å². The maximum atomic E-state index is 11.0. The first-order chi connectivity index (χ1) is 10.4. The first-order valence-corrected chi connectivity index (χ1v) is 6.62. The van der Waals surface area contributed by atoms with E-state index in [-0.39, 0.29) is 5.69 Å². The number of rotatable bonds is 2. The molecule has 110 valence electrons. The van der Waals surface area contributed by atoms with E-state index in [1.807, 2.05) is 0 Å². The van der Waals surface area contributed by atoms with Gasteiger partial charge < -0.3 is 4.90 Å². The van der Waals surface area contributed by atoms with Crippen molar-refractivity contribution in [3.63, 3.8) is 0 Å². The van der Waals surface area contributed by atoms with Crippen LogP contribution in [0, 0.1) is 32.8 Å². The average molecular weight is 294 g/mol. The number of benzene rings is 1. The van der Waals surface area contributed by atoms with E-state index in [2.05, 4.69) is 12.1 Å². The first kappa shape index (κ1) is 15.3. The van der Waals surface area contributed by atoms with Gasteiger partial charge in [0.2, 0.25) is 0 Å². The third-order valence-electron chi connectivity index (χ3n) is 4.02. The molecule has 0 saturated carbocycles. The Morgan fingerprint density at radius 2 is 1.73 bits per heavy atom. The van der Waals surface area contributed by atoms with E-state index in [9.17, 15) is 20.6 Å². The predicted molar refractivity (Wildman–Crippen MR) is 80.2 cm³/mol. The van der Waals surface area contributed by atoms with Gasteiger partial charge >= 0.3 is 0 Å². The van der Waals surface area contributed by atoms with Crippen molar-refractivity contribution in [2.75, 3.05) is 7.05 Å². The molecule has 0 N–H and O–H groups in total. The van der Waals surface area contributed by atoms with Gasteiger partial charge in [0.15, 0.2) is 0 Å². The molecule has 6 heteroatoms. The molecule has 2 rings (SSSR count). The molecule has 1 aliphatic heterocycles. The molecule has 6 nitrogen and oxygen atoms in total. The van der Waals surface area contributed by atoms with Crippen molar-refractivity contribution in [1.29, 1.82) is 10.5 Å². The lowest BCUT2D eigenvalue weighted by Crippen LogP contribution is -2.25. The van der Waals surface area contributed by atoms with Crippen molar-refractivity contribution in [2.45, 2.75) is 19.8 Å². The van der Waals surface area contributed by atoms with Crippen LogP contribution >= 0.6 is 0 Å². The standard InChI is InChI=1S/C16H14N4O2/c1-10-14(8-17)16(15(9-18)11(2)19(10)3)12-5-4-6-13(7-12)20(21)22/h4-7,16H,1-3H3. The quantitative estimate of drug-likeness (QED) is 0.616. The summed E-state index contributed by atoms with van der Waals surface area (Å²) < 4.78 is 0. The van der Waals surface area contributed by atoms with Crippen LogP contribution in [0.3, 0.4) is 0 Å². The fourth-order valence-electron chi connectivity index (χ4n) is 2.62. The Balaban J connectivity index is 2.70. The van der Waals surface area contributed by atoms with Gasteiger partial charge in [-0.1, -0.05) is 12.1 Å². The van der Waals surface area contributed by atoms with Crippen LogP contribution in [0.25, 0.3) is 0 Å². The van der Waals surface area contributed by atoms with Gasteiger partial charge in [0.05, 0.1) is 34.1 Å². The Morgan fingerprint density at radius 1 is 1.18 bits per heavy atom. The molecule has 0 aromatic heterocycles. The molecule has 1 aliphatic rings. The summed E-state index contributed by atoms with van der Waals surface area (Å²) in [5.41, 5.74) is 2.89. The van der Waals surface area contributed by atoms with E-state index in [1.165, 1.54) is 12.1 Å². The van der Waals surface area contributed by atoms with Gasteiger partial charge in [-0.15, -0.1) is 0 Å². The highest BCUT2D eigenvalue weighted by molar-refractivity contribution is 5.56. The molecule has 0 amide bonds. The van der Waals surface area contributed by atoms with Crippen molar-refractivity contribution in [3.8, 4) is 12.1 Å². The second kappa shape index (κ2) is 5.71. The highest BCUT2D eigenvalue weighted by Crippen LogP contribution is 2.41.